The summed E-state index contributed by atoms with van der Waals surface area (Å²) in [7, 11) is 0. The van der Waals surface area contributed by atoms with Crippen molar-refractivity contribution in [2.75, 3.05) is 5.32 Å². The molecule has 0 spiro atoms. The van der Waals surface area contributed by atoms with E-state index in [4.69, 9.17) is 0 Å². The number of carbonyl (C=O) groups excluding carboxylic acids is 1. The Labute approximate surface area is 131 Å². The molecule has 0 atom stereocenters. The van der Waals surface area contributed by atoms with Crippen LogP contribution in [-0.4, -0.2) is 26.1 Å². The quantitative estimate of drug-likeness (QED) is 0.511. The number of carbonyl (C=O) groups is 1. The number of amides is 1. The molecule has 0 aliphatic carbocycles. The van der Waals surface area contributed by atoms with Crippen LogP contribution in [-0.2, 0) is 4.79 Å². The summed E-state index contributed by atoms with van der Waals surface area (Å²) in [6.07, 6.45) is 4.31. The van der Waals surface area contributed by atoms with Gasteiger partial charge >= 0.3 is 0 Å². The van der Waals surface area contributed by atoms with Gasteiger partial charge in [-0.2, -0.15) is 0 Å². The van der Waals surface area contributed by atoms with Gasteiger partial charge in [0.25, 0.3) is 0 Å². The molecule has 1 heterocycles. The number of aromatic nitrogens is 2. The summed E-state index contributed by atoms with van der Waals surface area (Å²) in [5.41, 5.74) is 2.03. The fourth-order valence-corrected chi connectivity index (χ4v) is 2.00. The van der Waals surface area contributed by atoms with E-state index in [1.165, 1.54) is 30.5 Å². The summed E-state index contributed by atoms with van der Waals surface area (Å²) in [5.74, 6) is -0.472. The number of nitrogens with one attached hydrogen (secondary N) is 1. The highest BCUT2D eigenvalue weighted by molar-refractivity contribution is 6.01. The maximum absolute atomic E-state index is 11.9. The van der Waals surface area contributed by atoms with Gasteiger partial charge in [-0.25, -0.2) is 4.98 Å². The van der Waals surface area contributed by atoms with Gasteiger partial charge < -0.3 is 15.5 Å². The first kappa shape index (κ1) is 14.5. The van der Waals surface area contributed by atoms with Crippen LogP contribution in [0.25, 0.3) is 17.1 Å². The minimum Gasteiger partial charge on any atom is -0.504 e. The van der Waals surface area contributed by atoms with Crippen molar-refractivity contribution in [1.82, 2.24) is 9.97 Å². The number of phenols is 2. The van der Waals surface area contributed by atoms with Gasteiger partial charge in [0.2, 0.25) is 5.91 Å². The molecule has 0 unspecified atom stereocenters. The Hall–Kier alpha value is -3.41. The lowest BCUT2D eigenvalue weighted by Gasteiger charge is -2.02. The third-order valence-electron chi connectivity index (χ3n) is 3.13. The van der Waals surface area contributed by atoms with E-state index in [1.807, 2.05) is 24.3 Å². The Morgan fingerprint density at radius 3 is 2.61 bits per heavy atom. The Morgan fingerprint density at radius 1 is 1.04 bits per heavy atom. The van der Waals surface area contributed by atoms with E-state index in [-0.39, 0.29) is 17.4 Å². The molecular weight excluding hydrogens is 294 g/mol. The van der Waals surface area contributed by atoms with Crippen molar-refractivity contribution in [3.05, 3.63) is 60.3 Å². The number of phenolic OH excluding ortho intramolecular Hbond substituents is 2. The Balaban J connectivity index is 1.72. The first-order valence-corrected chi connectivity index (χ1v) is 6.85. The highest BCUT2D eigenvalue weighted by atomic mass is 16.3. The molecule has 0 aliphatic rings. The van der Waals surface area contributed by atoms with E-state index < -0.39 is 0 Å². The molecule has 6 heteroatoms. The fraction of sp³-hybridized carbons (Fsp3) is 0. The van der Waals surface area contributed by atoms with Crippen molar-refractivity contribution < 1.29 is 15.0 Å². The Morgan fingerprint density at radius 2 is 1.83 bits per heavy atom. The highest BCUT2D eigenvalue weighted by Gasteiger charge is 2.03. The first-order valence-electron chi connectivity index (χ1n) is 6.85. The number of hydrogen-bond donors (Lipinski definition) is 3. The molecule has 3 N–H and O–H groups in total. The molecule has 0 saturated carbocycles. The third-order valence-corrected chi connectivity index (χ3v) is 3.13. The van der Waals surface area contributed by atoms with Crippen molar-refractivity contribution in [1.29, 1.82) is 0 Å². The molecule has 0 fully saturated rings. The molecule has 0 saturated heterocycles. The fourth-order valence-electron chi connectivity index (χ4n) is 2.00. The van der Waals surface area contributed by atoms with Gasteiger partial charge in [-0.3, -0.25) is 9.78 Å². The number of rotatable bonds is 3. The summed E-state index contributed by atoms with van der Waals surface area (Å²) < 4.78 is 0. The van der Waals surface area contributed by atoms with Crippen LogP contribution in [0.1, 0.15) is 5.56 Å². The van der Waals surface area contributed by atoms with Crippen molar-refractivity contribution >= 4 is 28.8 Å². The average molecular weight is 307 g/mol. The predicted molar refractivity (Wildman–Crippen MR) is 87.0 cm³/mol. The van der Waals surface area contributed by atoms with E-state index >= 15 is 0 Å². The molecule has 3 rings (SSSR count). The molecule has 6 nitrogen and oxygen atoms in total. The van der Waals surface area contributed by atoms with E-state index in [0.29, 0.717) is 16.9 Å². The number of fused-ring (bicyclic) bond motifs is 1. The number of anilines is 1. The second-order valence-corrected chi connectivity index (χ2v) is 4.81. The zero-order chi connectivity index (χ0) is 16.2. The van der Waals surface area contributed by atoms with Crippen LogP contribution in [0.3, 0.4) is 0 Å². The van der Waals surface area contributed by atoms with Gasteiger partial charge in [0, 0.05) is 6.08 Å². The summed E-state index contributed by atoms with van der Waals surface area (Å²) in [4.78, 5) is 20.4. The van der Waals surface area contributed by atoms with Crippen molar-refractivity contribution in [2.45, 2.75) is 0 Å². The molecule has 1 amide bonds. The second kappa shape index (κ2) is 6.15. The lowest BCUT2D eigenvalue weighted by atomic mass is 10.2. The van der Waals surface area contributed by atoms with Crippen LogP contribution in [0.5, 0.6) is 11.5 Å². The number of nitrogens with zero attached hydrogens (tertiary/aromatic N) is 2. The van der Waals surface area contributed by atoms with Crippen LogP contribution >= 0.6 is 0 Å². The number of para-hydroxylation sites is 2. The van der Waals surface area contributed by atoms with E-state index in [2.05, 4.69) is 15.3 Å². The smallest absolute Gasteiger partial charge is 0.249 e. The molecule has 23 heavy (non-hydrogen) atoms. The second-order valence-electron chi connectivity index (χ2n) is 4.81. The van der Waals surface area contributed by atoms with Gasteiger partial charge in [0.1, 0.15) is 0 Å². The topological polar surface area (TPSA) is 95.3 Å². The minimum atomic E-state index is -0.373. The summed E-state index contributed by atoms with van der Waals surface area (Å²) in [6.45, 7) is 0. The molecule has 3 aromatic rings. The zero-order valence-corrected chi connectivity index (χ0v) is 12.0. The molecule has 1 aromatic heterocycles. The molecule has 0 aliphatic heterocycles. The van der Waals surface area contributed by atoms with Gasteiger partial charge in [-0.15, -0.1) is 0 Å². The van der Waals surface area contributed by atoms with E-state index in [9.17, 15) is 15.0 Å². The molecule has 114 valence electrons. The monoisotopic (exact) mass is 307 g/mol. The lowest BCUT2D eigenvalue weighted by molar-refractivity contribution is -0.111. The van der Waals surface area contributed by atoms with Crippen LogP contribution in [0.2, 0.25) is 0 Å². The normalized spacial score (nSPS) is 11.0. The van der Waals surface area contributed by atoms with E-state index in [1.54, 1.807) is 6.07 Å². The maximum Gasteiger partial charge on any atom is 0.249 e. The third kappa shape index (κ3) is 3.44. The molecular formula is C17H13N3O3. The molecule has 0 radical (unpaired) electrons. The van der Waals surface area contributed by atoms with Crippen molar-refractivity contribution in [3.63, 3.8) is 0 Å². The van der Waals surface area contributed by atoms with Crippen LogP contribution in [0.4, 0.5) is 5.82 Å². The van der Waals surface area contributed by atoms with Gasteiger partial charge in [-0.05, 0) is 35.9 Å². The number of hydrogen-bond acceptors (Lipinski definition) is 5. The minimum absolute atomic E-state index is 0.210. The molecule has 2 aromatic carbocycles. The summed E-state index contributed by atoms with van der Waals surface area (Å²) >= 11 is 0. The lowest BCUT2D eigenvalue weighted by Crippen LogP contribution is -2.09. The molecule has 0 bridgehead atoms. The number of benzene rings is 2. The first-order chi connectivity index (χ1) is 11.1. The predicted octanol–water partition coefficient (Wildman–Crippen LogP) is 2.69. The summed E-state index contributed by atoms with van der Waals surface area (Å²) in [6, 6.07) is 11.6. The summed E-state index contributed by atoms with van der Waals surface area (Å²) in [5, 5.41) is 21.3. The van der Waals surface area contributed by atoms with Crippen molar-refractivity contribution in [3.8, 4) is 11.5 Å². The van der Waals surface area contributed by atoms with Gasteiger partial charge in [0.15, 0.2) is 17.3 Å². The maximum atomic E-state index is 11.9. The standard InChI is InChI=1S/C17H13N3O3/c21-14-7-5-11(9-15(14)22)6-8-17(23)20-16-10-18-12-3-1-2-4-13(12)19-16/h1-10,21-22H,(H,19,20,23)/b8-6+. The Bertz CT molecular complexity index is 906. The van der Waals surface area contributed by atoms with Crippen LogP contribution in [0, 0.1) is 0 Å². The van der Waals surface area contributed by atoms with Crippen LogP contribution < -0.4 is 5.32 Å². The van der Waals surface area contributed by atoms with Crippen molar-refractivity contribution in [2.24, 2.45) is 0 Å². The van der Waals surface area contributed by atoms with Gasteiger partial charge in [0.05, 0.1) is 17.2 Å². The zero-order valence-electron chi connectivity index (χ0n) is 12.0. The highest BCUT2D eigenvalue weighted by Crippen LogP contribution is 2.25. The van der Waals surface area contributed by atoms with Gasteiger partial charge in [-0.1, -0.05) is 18.2 Å². The van der Waals surface area contributed by atoms with Crippen LogP contribution in [0.15, 0.2) is 54.7 Å². The van der Waals surface area contributed by atoms with E-state index in [0.717, 1.165) is 5.52 Å². The largest absolute Gasteiger partial charge is 0.504 e. The number of aromatic hydroxyl groups is 2. The Kier molecular flexibility index (Phi) is 3.88. The SMILES string of the molecule is O=C(/C=C/c1ccc(O)c(O)c1)Nc1cnc2ccccc2n1. The average Bonchev–Trinajstić information content (AvgIpc) is 2.56.